The fourth-order valence-electron chi connectivity index (χ4n) is 1.08. The van der Waals surface area contributed by atoms with Crippen LogP contribution in [0.5, 0.6) is 0 Å². The van der Waals surface area contributed by atoms with Crippen LogP contribution in [0.3, 0.4) is 0 Å². The summed E-state index contributed by atoms with van der Waals surface area (Å²) >= 11 is 1.34. The monoisotopic (exact) mass is 353 g/mol. The molecule has 1 aromatic rings. The summed E-state index contributed by atoms with van der Waals surface area (Å²) in [6, 6.07) is 0. The number of nitrogens with zero attached hydrogens (tertiary/aromatic N) is 1. The van der Waals surface area contributed by atoms with Crippen LogP contribution in [0.15, 0.2) is 6.20 Å². The molecule has 0 bridgehead atoms. The van der Waals surface area contributed by atoms with Crippen molar-refractivity contribution >= 4 is 22.6 Å². The molecule has 1 aromatic heterocycles. The fraction of sp³-hybridized carbons (Fsp3) is 0.375. The van der Waals surface area contributed by atoms with Gasteiger partial charge in [0.05, 0.1) is 12.2 Å². The Morgan fingerprint density at radius 2 is 1.94 bits per heavy atom. The second-order valence-corrected chi connectivity index (χ2v) is 3.90. The number of aliphatic hydroxyl groups is 1. The maximum absolute atomic E-state index is 12.5. The van der Waals surface area contributed by atoms with Crippen molar-refractivity contribution in [2.45, 2.75) is 19.2 Å². The van der Waals surface area contributed by atoms with Crippen LogP contribution in [-0.2, 0) is 12.8 Å². The van der Waals surface area contributed by atoms with E-state index in [-0.39, 0.29) is 9.13 Å². The normalized spacial score (nSPS) is 12.2. The Balaban J connectivity index is 3.47. The number of pyridine rings is 1. The van der Waals surface area contributed by atoms with E-state index in [1.165, 1.54) is 22.6 Å². The highest BCUT2D eigenvalue weighted by atomic mass is 127. The molecular weight excluding hydrogens is 348 g/mol. The van der Waals surface area contributed by atoms with Gasteiger partial charge >= 0.3 is 6.18 Å². The van der Waals surface area contributed by atoms with Gasteiger partial charge in [-0.3, -0.25) is 4.98 Å². The van der Waals surface area contributed by atoms with Gasteiger partial charge in [0, 0.05) is 15.3 Å². The summed E-state index contributed by atoms with van der Waals surface area (Å²) in [7, 11) is 0. The van der Waals surface area contributed by atoms with E-state index in [1.54, 1.807) is 0 Å². The summed E-state index contributed by atoms with van der Waals surface area (Å²) in [6.07, 6.45) is -7.47. The fourth-order valence-corrected chi connectivity index (χ4v) is 1.88. The minimum Gasteiger partial charge on any atom is -0.392 e. The number of alkyl halides is 5. The molecule has 0 saturated heterocycles. The Bertz CT molecular complexity index is 393. The van der Waals surface area contributed by atoms with Crippen LogP contribution in [0.25, 0.3) is 0 Å². The van der Waals surface area contributed by atoms with E-state index in [0.29, 0.717) is 0 Å². The van der Waals surface area contributed by atoms with Crippen molar-refractivity contribution in [3.63, 3.8) is 0 Å². The van der Waals surface area contributed by atoms with Gasteiger partial charge in [-0.2, -0.15) is 13.2 Å². The second-order valence-electron chi connectivity index (χ2n) is 2.82. The zero-order chi connectivity index (χ0) is 12.5. The lowest BCUT2D eigenvalue weighted by molar-refractivity contribution is -0.143. The van der Waals surface area contributed by atoms with Gasteiger partial charge in [-0.1, -0.05) is 0 Å². The molecule has 0 atom stereocenters. The van der Waals surface area contributed by atoms with Gasteiger partial charge in [0.2, 0.25) is 0 Å². The quantitative estimate of drug-likeness (QED) is 0.655. The molecule has 0 amide bonds. The highest BCUT2D eigenvalue weighted by Gasteiger charge is 2.39. The van der Waals surface area contributed by atoms with Crippen molar-refractivity contribution in [3.8, 4) is 0 Å². The van der Waals surface area contributed by atoms with Crippen molar-refractivity contribution in [2.24, 2.45) is 0 Å². The van der Waals surface area contributed by atoms with Gasteiger partial charge in [-0.25, -0.2) is 8.78 Å². The first-order valence-electron chi connectivity index (χ1n) is 3.92. The summed E-state index contributed by atoms with van der Waals surface area (Å²) in [5.74, 6) is 0. The molecule has 0 aromatic carbocycles. The third-order valence-corrected chi connectivity index (χ3v) is 3.05. The van der Waals surface area contributed by atoms with Crippen LogP contribution in [0.4, 0.5) is 22.0 Å². The van der Waals surface area contributed by atoms with Gasteiger partial charge in [-0.05, 0) is 22.6 Å². The summed E-state index contributed by atoms with van der Waals surface area (Å²) < 4.78 is 61.8. The first-order valence-corrected chi connectivity index (χ1v) is 5.00. The summed E-state index contributed by atoms with van der Waals surface area (Å²) in [5, 5.41) is 8.75. The lowest BCUT2D eigenvalue weighted by atomic mass is 10.1. The molecule has 0 aliphatic carbocycles. The zero-order valence-corrected chi connectivity index (χ0v) is 9.68. The summed E-state index contributed by atoms with van der Waals surface area (Å²) in [4.78, 5) is 2.93. The van der Waals surface area contributed by atoms with Crippen LogP contribution in [-0.4, -0.2) is 10.1 Å². The van der Waals surface area contributed by atoms with Crippen molar-refractivity contribution in [1.29, 1.82) is 0 Å². The topological polar surface area (TPSA) is 33.1 Å². The number of hydrogen-bond donors (Lipinski definition) is 1. The Labute approximate surface area is 101 Å². The third kappa shape index (κ3) is 2.59. The van der Waals surface area contributed by atoms with Crippen molar-refractivity contribution in [3.05, 3.63) is 26.6 Å². The molecule has 0 unspecified atom stereocenters. The highest BCUT2D eigenvalue weighted by molar-refractivity contribution is 14.1. The molecule has 0 radical (unpaired) electrons. The molecule has 16 heavy (non-hydrogen) atoms. The van der Waals surface area contributed by atoms with E-state index in [4.69, 9.17) is 5.11 Å². The number of aliphatic hydroxyl groups excluding tert-OH is 1. The minimum atomic E-state index is -4.93. The van der Waals surface area contributed by atoms with Crippen molar-refractivity contribution < 1.29 is 27.1 Å². The average Bonchev–Trinajstić information content (AvgIpc) is 2.15. The van der Waals surface area contributed by atoms with E-state index in [2.05, 4.69) is 4.98 Å². The van der Waals surface area contributed by atoms with E-state index >= 15 is 0 Å². The van der Waals surface area contributed by atoms with Crippen molar-refractivity contribution in [1.82, 2.24) is 4.98 Å². The van der Waals surface area contributed by atoms with Crippen LogP contribution >= 0.6 is 22.6 Å². The maximum atomic E-state index is 12.5. The van der Waals surface area contributed by atoms with Crippen LogP contribution in [0.2, 0.25) is 0 Å². The SMILES string of the molecule is OCc1cnc(C(F)(F)F)c(C(F)F)c1I. The third-order valence-electron chi connectivity index (χ3n) is 1.78. The lowest BCUT2D eigenvalue weighted by Gasteiger charge is -2.14. The van der Waals surface area contributed by atoms with Gasteiger partial charge in [0.25, 0.3) is 6.43 Å². The van der Waals surface area contributed by atoms with E-state index in [1.807, 2.05) is 0 Å². The van der Waals surface area contributed by atoms with Gasteiger partial charge < -0.3 is 5.11 Å². The molecule has 2 nitrogen and oxygen atoms in total. The first-order chi connectivity index (χ1) is 7.29. The highest BCUT2D eigenvalue weighted by Crippen LogP contribution is 2.38. The first kappa shape index (κ1) is 13.6. The van der Waals surface area contributed by atoms with Crippen LogP contribution < -0.4 is 0 Å². The Morgan fingerprint density at radius 1 is 1.38 bits per heavy atom. The van der Waals surface area contributed by atoms with E-state index in [9.17, 15) is 22.0 Å². The van der Waals surface area contributed by atoms with Gasteiger partial charge in [-0.15, -0.1) is 0 Å². The lowest BCUT2D eigenvalue weighted by Crippen LogP contribution is -2.15. The molecule has 0 fully saturated rings. The molecule has 0 aliphatic rings. The number of aromatic nitrogens is 1. The molecule has 1 rings (SSSR count). The zero-order valence-electron chi connectivity index (χ0n) is 7.52. The Morgan fingerprint density at radius 3 is 2.31 bits per heavy atom. The number of rotatable bonds is 2. The Hall–Kier alpha value is -0.510. The molecule has 1 heterocycles. The molecule has 8 heteroatoms. The Kier molecular flexibility index (Phi) is 4.05. The molecular formula is C8H5F5INO. The minimum absolute atomic E-state index is 0.0519. The molecule has 0 aliphatic heterocycles. The van der Waals surface area contributed by atoms with Gasteiger partial charge in [0.15, 0.2) is 5.69 Å². The molecule has 0 saturated carbocycles. The standard InChI is InChI=1S/C8H5F5INO/c9-7(10)4-5(14)3(2-16)1-15-6(4)8(11,12)13/h1,7,16H,2H2. The predicted molar refractivity (Wildman–Crippen MR) is 52.8 cm³/mol. The van der Waals surface area contributed by atoms with E-state index < -0.39 is 30.5 Å². The smallest absolute Gasteiger partial charge is 0.392 e. The number of halogens is 6. The van der Waals surface area contributed by atoms with Crippen molar-refractivity contribution in [2.75, 3.05) is 0 Å². The average molecular weight is 353 g/mol. The molecule has 0 spiro atoms. The number of hydrogen-bond acceptors (Lipinski definition) is 2. The van der Waals surface area contributed by atoms with Crippen LogP contribution in [0.1, 0.15) is 23.2 Å². The molecule has 90 valence electrons. The second kappa shape index (κ2) is 4.78. The predicted octanol–water partition coefficient (Wildman–Crippen LogP) is 3.13. The molecule has 1 N–H and O–H groups in total. The summed E-state index contributed by atoms with van der Waals surface area (Å²) in [5.41, 5.74) is -2.84. The largest absolute Gasteiger partial charge is 0.433 e. The summed E-state index contributed by atoms with van der Waals surface area (Å²) in [6.45, 7) is -0.636. The van der Waals surface area contributed by atoms with Gasteiger partial charge in [0.1, 0.15) is 0 Å². The van der Waals surface area contributed by atoms with E-state index in [0.717, 1.165) is 6.20 Å². The maximum Gasteiger partial charge on any atom is 0.433 e. The van der Waals surface area contributed by atoms with Crippen LogP contribution in [0, 0.1) is 3.57 Å².